The first-order valence-electron chi connectivity index (χ1n) is 6.35. The van der Waals surface area contributed by atoms with Crippen molar-refractivity contribution in [3.8, 4) is 0 Å². The van der Waals surface area contributed by atoms with Crippen LogP contribution in [0.2, 0.25) is 10.0 Å². The Morgan fingerprint density at radius 3 is 2.71 bits per heavy atom. The number of nitrogens with zero attached hydrogens (tertiary/aromatic N) is 2. The third-order valence-corrected chi connectivity index (χ3v) is 4.12. The number of hydrogen-bond donors (Lipinski definition) is 1. The molecule has 0 radical (unpaired) electrons. The second-order valence-corrected chi connectivity index (χ2v) is 6.09. The molecule has 0 saturated heterocycles. The third kappa shape index (κ3) is 4.52. The molecule has 1 amide bonds. The van der Waals surface area contributed by atoms with Crippen molar-refractivity contribution in [1.82, 2.24) is 10.2 Å². The monoisotopic (exact) mass is 341 g/mol. The molecule has 0 aliphatic carbocycles. The highest BCUT2D eigenvalue weighted by molar-refractivity contribution is 7.15. The lowest BCUT2D eigenvalue weighted by Gasteiger charge is -2.00. The predicted octanol–water partition coefficient (Wildman–Crippen LogP) is 4.45. The van der Waals surface area contributed by atoms with Gasteiger partial charge in [-0.2, -0.15) is 0 Å². The lowest BCUT2D eigenvalue weighted by atomic mass is 10.2. The van der Waals surface area contributed by atoms with E-state index in [9.17, 15) is 4.79 Å². The van der Waals surface area contributed by atoms with Gasteiger partial charge in [0.2, 0.25) is 11.0 Å². The first kappa shape index (κ1) is 15.9. The van der Waals surface area contributed by atoms with E-state index in [0.29, 0.717) is 20.7 Å². The molecule has 0 saturated carbocycles. The molecule has 0 unspecified atom stereocenters. The molecule has 0 aliphatic heterocycles. The van der Waals surface area contributed by atoms with Gasteiger partial charge in [0.1, 0.15) is 5.01 Å². The second kappa shape index (κ2) is 7.54. The van der Waals surface area contributed by atoms with Crippen molar-refractivity contribution in [3.63, 3.8) is 0 Å². The lowest BCUT2D eigenvalue weighted by Crippen LogP contribution is -2.07. The largest absolute Gasteiger partial charge is 0.297 e. The highest BCUT2D eigenvalue weighted by Crippen LogP contribution is 2.25. The number of aryl methyl sites for hydroxylation is 1. The number of carbonyl (C=O) groups excluding carboxylic acids is 1. The number of benzene rings is 1. The SMILES string of the molecule is CCCc1nnc(NC(=O)C=Cc2c(Cl)cccc2Cl)s1. The molecule has 1 aromatic carbocycles. The first-order chi connectivity index (χ1) is 10.1. The second-order valence-electron chi connectivity index (χ2n) is 4.21. The molecule has 0 spiro atoms. The van der Waals surface area contributed by atoms with Gasteiger partial charge >= 0.3 is 0 Å². The quantitative estimate of drug-likeness (QED) is 0.817. The number of aromatic nitrogens is 2. The van der Waals surface area contributed by atoms with E-state index in [1.807, 2.05) is 0 Å². The molecule has 1 heterocycles. The maximum absolute atomic E-state index is 11.8. The van der Waals surface area contributed by atoms with Crippen LogP contribution in [0.5, 0.6) is 0 Å². The van der Waals surface area contributed by atoms with E-state index >= 15 is 0 Å². The summed E-state index contributed by atoms with van der Waals surface area (Å²) in [6, 6.07) is 5.18. The lowest BCUT2D eigenvalue weighted by molar-refractivity contribution is -0.111. The van der Waals surface area contributed by atoms with Crippen molar-refractivity contribution in [2.24, 2.45) is 0 Å². The van der Waals surface area contributed by atoms with Crippen LogP contribution in [0.15, 0.2) is 24.3 Å². The number of nitrogens with one attached hydrogen (secondary N) is 1. The topological polar surface area (TPSA) is 54.9 Å². The summed E-state index contributed by atoms with van der Waals surface area (Å²) in [5, 5.41) is 13.0. The zero-order chi connectivity index (χ0) is 15.2. The van der Waals surface area contributed by atoms with Gasteiger partial charge in [0.25, 0.3) is 0 Å². The van der Waals surface area contributed by atoms with E-state index in [4.69, 9.17) is 23.2 Å². The summed E-state index contributed by atoms with van der Waals surface area (Å²) in [6.07, 6.45) is 4.80. The Morgan fingerprint density at radius 2 is 2.05 bits per heavy atom. The van der Waals surface area contributed by atoms with Crippen LogP contribution in [0.1, 0.15) is 23.9 Å². The average Bonchev–Trinajstić information content (AvgIpc) is 2.86. The number of rotatable bonds is 5. The molecule has 1 aromatic heterocycles. The first-order valence-corrected chi connectivity index (χ1v) is 7.93. The summed E-state index contributed by atoms with van der Waals surface area (Å²) in [5.74, 6) is -0.301. The normalized spacial score (nSPS) is 11.0. The molecule has 21 heavy (non-hydrogen) atoms. The van der Waals surface area contributed by atoms with E-state index in [0.717, 1.165) is 17.8 Å². The number of anilines is 1. The van der Waals surface area contributed by atoms with E-state index < -0.39 is 0 Å². The van der Waals surface area contributed by atoms with Crippen LogP contribution in [-0.2, 0) is 11.2 Å². The van der Waals surface area contributed by atoms with Crippen molar-refractivity contribution >= 4 is 51.7 Å². The Labute approximate surface area is 136 Å². The smallest absolute Gasteiger partial charge is 0.250 e. The van der Waals surface area contributed by atoms with Crippen molar-refractivity contribution in [2.75, 3.05) is 5.32 Å². The van der Waals surface area contributed by atoms with Gasteiger partial charge in [-0.1, -0.05) is 47.5 Å². The van der Waals surface area contributed by atoms with Gasteiger partial charge in [-0.05, 0) is 24.6 Å². The van der Waals surface area contributed by atoms with Crippen LogP contribution in [-0.4, -0.2) is 16.1 Å². The molecule has 0 fully saturated rings. The summed E-state index contributed by atoms with van der Waals surface area (Å²) in [4.78, 5) is 11.8. The van der Waals surface area contributed by atoms with Crippen LogP contribution < -0.4 is 5.32 Å². The molecule has 0 aliphatic rings. The number of carbonyl (C=O) groups is 1. The fraction of sp³-hybridized carbons (Fsp3) is 0.214. The van der Waals surface area contributed by atoms with E-state index in [2.05, 4.69) is 22.4 Å². The van der Waals surface area contributed by atoms with Crippen molar-refractivity contribution in [2.45, 2.75) is 19.8 Å². The maximum Gasteiger partial charge on any atom is 0.250 e. The minimum absolute atomic E-state index is 0.301. The number of halogens is 2. The third-order valence-electron chi connectivity index (χ3n) is 2.56. The van der Waals surface area contributed by atoms with Gasteiger partial charge in [0, 0.05) is 28.1 Å². The van der Waals surface area contributed by atoms with Crippen molar-refractivity contribution in [3.05, 3.63) is 44.9 Å². The molecule has 2 rings (SSSR count). The van der Waals surface area contributed by atoms with Crippen molar-refractivity contribution < 1.29 is 4.79 Å². The minimum Gasteiger partial charge on any atom is -0.297 e. The molecule has 4 nitrogen and oxygen atoms in total. The zero-order valence-corrected chi connectivity index (χ0v) is 13.6. The summed E-state index contributed by atoms with van der Waals surface area (Å²) in [5.41, 5.74) is 0.611. The van der Waals surface area contributed by atoms with E-state index in [1.165, 1.54) is 17.4 Å². The molecule has 110 valence electrons. The van der Waals surface area contributed by atoms with Crippen molar-refractivity contribution in [1.29, 1.82) is 0 Å². The Balaban J connectivity index is 2.02. The molecule has 7 heteroatoms. The standard InChI is InChI=1S/C14H13Cl2N3OS/c1-2-4-13-18-19-14(21-13)17-12(20)8-7-9-10(15)5-3-6-11(9)16/h3,5-8H,2,4H2,1H3,(H,17,19,20). The molecule has 2 aromatic rings. The van der Waals surface area contributed by atoms with Crippen LogP contribution in [0, 0.1) is 0 Å². The summed E-state index contributed by atoms with van der Waals surface area (Å²) >= 11 is 13.4. The van der Waals surface area contributed by atoms with Crippen LogP contribution in [0.25, 0.3) is 6.08 Å². The average molecular weight is 342 g/mol. The number of hydrogen-bond acceptors (Lipinski definition) is 4. The predicted molar refractivity (Wildman–Crippen MR) is 88.0 cm³/mol. The zero-order valence-electron chi connectivity index (χ0n) is 11.3. The van der Waals surface area contributed by atoms with Gasteiger partial charge in [-0.15, -0.1) is 10.2 Å². The summed E-state index contributed by atoms with van der Waals surface area (Å²) < 4.78 is 0. The Morgan fingerprint density at radius 1 is 1.33 bits per heavy atom. The van der Waals surface area contributed by atoms with Gasteiger partial charge in [-0.3, -0.25) is 10.1 Å². The Hall–Kier alpha value is -1.43. The highest BCUT2D eigenvalue weighted by atomic mass is 35.5. The Bertz CT molecular complexity index is 650. The summed E-state index contributed by atoms with van der Waals surface area (Å²) in [6.45, 7) is 2.07. The molecular formula is C14H13Cl2N3OS. The van der Waals surface area contributed by atoms with Crippen LogP contribution in [0.4, 0.5) is 5.13 Å². The van der Waals surface area contributed by atoms with E-state index in [-0.39, 0.29) is 5.91 Å². The maximum atomic E-state index is 11.8. The number of amides is 1. The fourth-order valence-corrected chi connectivity index (χ4v) is 2.96. The van der Waals surface area contributed by atoms with Gasteiger partial charge in [0.15, 0.2) is 0 Å². The Kier molecular flexibility index (Phi) is 5.73. The van der Waals surface area contributed by atoms with Gasteiger partial charge < -0.3 is 0 Å². The van der Waals surface area contributed by atoms with Crippen LogP contribution in [0.3, 0.4) is 0 Å². The van der Waals surface area contributed by atoms with Gasteiger partial charge in [0.05, 0.1) is 0 Å². The molecule has 0 bridgehead atoms. The molecular weight excluding hydrogens is 329 g/mol. The van der Waals surface area contributed by atoms with Gasteiger partial charge in [-0.25, -0.2) is 0 Å². The highest BCUT2D eigenvalue weighted by Gasteiger charge is 2.06. The molecule has 0 atom stereocenters. The minimum atomic E-state index is -0.301. The molecule has 1 N–H and O–H groups in total. The van der Waals surface area contributed by atoms with Crippen LogP contribution >= 0.6 is 34.5 Å². The van der Waals surface area contributed by atoms with E-state index in [1.54, 1.807) is 24.3 Å². The summed E-state index contributed by atoms with van der Waals surface area (Å²) in [7, 11) is 0. The fourth-order valence-electron chi connectivity index (χ4n) is 1.60.